The van der Waals surface area contributed by atoms with Gasteiger partial charge in [0.05, 0.1) is 30.5 Å². The summed E-state index contributed by atoms with van der Waals surface area (Å²) in [5, 5.41) is 3.05. The van der Waals surface area contributed by atoms with Crippen LogP contribution in [0.3, 0.4) is 0 Å². The fourth-order valence-electron chi connectivity index (χ4n) is 5.24. The second kappa shape index (κ2) is 9.11. The molecule has 1 saturated heterocycles. The highest BCUT2D eigenvalue weighted by molar-refractivity contribution is 6.06. The molecule has 2 saturated carbocycles. The average Bonchev–Trinajstić information content (AvgIpc) is 3.42. The van der Waals surface area contributed by atoms with Crippen LogP contribution in [0.15, 0.2) is 12.4 Å². The maximum absolute atomic E-state index is 13.5. The Morgan fingerprint density at radius 1 is 1.15 bits per heavy atom. The molecule has 2 aromatic heterocycles. The molecule has 0 radical (unpaired) electrons. The molecule has 9 heteroatoms. The lowest BCUT2D eigenvalue weighted by atomic mass is 9.83. The summed E-state index contributed by atoms with van der Waals surface area (Å²) in [6.45, 7) is 0.842. The minimum atomic E-state index is -0.612. The number of hydrogen-bond donors (Lipinski definition) is 2. The molecule has 0 spiro atoms. The minimum Gasteiger partial charge on any atom is -0.469 e. The van der Waals surface area contributed by atoms with E-state index in [2.05, 4.69) is 15.3 Å². The molecular weight excluding hydrogens is 422 g/mol. The van der Waals surface area contributed by atoms with E-state index in [4.69, 9.17) is 9.72 Å². The van der Waals surface area contributed by atoms with Crippen LogP contribution >= 0.6 is 0 Å². The van der Waals surface area contributed by atoms with Crippen LogP contribution in [0.25, 0.3) is 11.2 Å². The Labute approximate surface area is 192 Å². The molecule has 2 atom stereocenters. The van der Waals surface area contributed by atoms with Crippen LogP contribution < -0.4 is 5.32 Å². The molecular formula is C24H31N5O4. The SMILES string of the molecule is COC(=O)C1CCN(C(=O)[C@H](NC(=O)c2c[nH]c3ncc(C4CC4)nc23)C2CCCCC2)C1. The Morgan fingerprint density at radius 2 is 1.94 bits per heavy atom. The first-order valence-corrected chi connectivity index (χ1v) is 12.1. The number of carbonyl (C=O) groups excluding carboxylic acids is 3. The maximum atomic E-state index is 13.5. The lowest BCUT2D eigenvalue weighted by Crippen LogP contribution is -2.52. The zero-order chi connectivity index (χ0) is 22.9. The van der Waals surface area contributed by atoms with Gasteiger partial charge in [0.25, 0.3) is 5.91 Å². The largest absolute Gasteiger partial charge is 0.469 e. The highest BCUT2D eigenvalue weighted by atomic mass is 16.5. The van der Waals surface area contributed by atoms with Crippen molar-refractivity contribution >= 4 is 28.9 Å². The second-order valence-corrected chi connectivity index (χ2v) is 9.61. The van der Waals surface area contributed by atoms with Gasteiger partial charge in [0.15, 0.2) is 5.65 Å². The van der Waals surface area contributed by atoms with E-state index in [1.54, 1.807) is 17.3 Å². The van der Waals surface area contributed by atoms with Gasteiger partial charge >= 0.3 is 5.97 Å². The van der Waals surface area contributed by atoms with Crippen molar-refractivity contribution in [2.45, 2.75) is 63.3 Å². The second-order valence-electron chi connectivity index (χ2n) is 9.61. The number of likely N-dealkylation sites (tertiary alicyclic amines) is 1. The van der Waals surface area contributed by atoms with Crippen molar-refractivity contribution in [3.05, 3.63) is 23.7 Å². The van der Waals surface area contributed by atoms with Gasteiger partial charge in [0.2, 0.25) is 5.91 Å². The van der Waals surface area contributed by atoms with E-state index in [9.17, 15) is 14.4 Å². The number of nitrogens with zero attached hydrogens (tertiary/aromatic N) is 3. The van der Waals surface area contributed by atoms with Gasteiger partial charge in [-0.15, -0.1) is 0 Å². The normalized spacial score (nSPS) is 22.3. The van der Waals surface area contributed by atoms with Crippen molar-refractivity contribution in [1.82, 2.24) is 25.2 Å². The summed E-state index contributed by atoms with van der Waals surface area (Å²) in [6, 6.07) is -0.612. The van der Waals surface area contributed by atoms with E-state index >= 15 is 0 Å². The van der Waals surface area contributed by atoms with Crippen LogP contribution in [0.5, 0.6) is 0 Å². The average molecular weight is 454 g/mol. The van der Waals surface area contributed by atoms with E-state index in [1.807, 2.05) is 0 Å². The molecule has 1 aliphatic heterocycles. The lowest BCUT2D eigenvalue weighted by Gasteiger charge is -2.32. The number of H-pyrrole nitrogens is 1. The van der Waals surface area contributed by atoms with Crippen molar-refractivity contribution in [3.63, 3.8) is 0 Å². The predicted molar refractivity (Wildman–Crippen MR) is 120 cm³/mol. The van der Waals surface area contributed by atoms with E-state index in [1.165, 1.54) is 7.11 Å². The smallest absolute Gasteiger partial charge is 0.310 e. The van der Waals surface area contributed by atoms with Gasteiger partial charge in [0.1, 0.15) is 11.6 Å². The first-order chi connectivity index (χ1) is 16.0. The number of amides is 2. The first-order valence-electron chi connectivity index (χ1n) is 12.1. The van der Waals surface area contributed by atoms with Gasteiger partial charge in [-0.2, -0.15) is 0 Å². The van der Waals surface area contributed by atoms with Crippen LogP contribution in [-0.4, -0.2) is 63.9 Å². The summed E-state index contributed by atoms with van der Waals surface area (Å²) in [7, 11) is 1.37. The van der Waals surface area contributed by atoms with Gasteiger partial charge in [0, 0.05) is 25.2 Å². The quantitative estimate of drug-likeness (QED) is 0.649. The number of fused-ring (bicyclic) bond motifs is 1. The standard InChI is InChI=1S/C24H31N5O4/c1-33-24(32)16-9-10-29(13-16)23(31)19(15-5-3-2-4-6-15)28-22(30)17-11-25-21-20(17)27-18(12-26-21)14-7-8-14/h11-12,14-16,19H,2-10,13H2,1H3,(H,25,26)(H,28,30)/t16?,19-/m1/s1. The monoisotopic (exact) mass is 453 g/mol. The van der Waals surface area contributed by atoms with Gasteiger partial charge in [-0.3, -0.25) is 14.4 Å². The zero-order valence-electron chi connectivity index (χ0n) is 19.0. The van der Waals surface area contributed by atoms with Crippen molar-refractivity contribution in [2.24, 2.45) is 11.8 Å². The summed E-state index contributed by atoms with van der Waals surface area (Å²) in [5.74, 6) is -0.478. The minimum absolute atomic E-state index is 0.0886. The molecule has 33 heavy (non-hydrogen) atoms. The van der Waals surface area contributed by atoms with Crippen LogP contribution in [0.1, 0.15) is 73.3 Å². The third-order valence-corrected chi connectivity index (χ3v) is 7.35. The molecule has 3 aliphatic rings. The van der Waals surface area contributed by atoms with Gasteiger partial charge in [-0.1, -0.05) is 19.3 Å². The number of aromatic amines is 1. The Hall–Kier alpha value is -2.97. The van der Waals surface area contributed by atoms with Crippen molar-refractivity contribution in [3.8, 4) is 0 Å². The fourth-order valence-corrected chi connectivity index (χ4v) is 5.24. The molecule has 3 fully saturated rings. The van der Waals surface area contributed by atoms with Crippen molar-refractivity contribution < 1.29 is 19.1 Å². The number of hydrogen-bond acceptors (Lipinski definition) is 6. The van der Waals surface area contributed by atoms with Crippen molar-refractivity contribution in [2.75, 3.05) is 20.2 Å². The number of esters is 1. The molecule has 9 nitrogen and oxygen atoms in total. The van der Waals surface area contributed by atoms with Crippen LogP contribution in [-0.2, 0) is 14.3 Å². The number of ether oxygens (including phenoxy) is 1. The Bertz CT molecular complexity index is 1060. The number of rotatable bonds is 6. The summed E-state index contributed by atoms with van der Waals surface area (Å²) >= 11 is 0. The topological polar surface area (TPSA) is 117 Å². The lowest BCUT2D eigenvalue weighted by molar-refractivity contribution is -0.145. The third-order valence-electron chi connectivity index (χ3n) is 7.35. The molecule has 2 aromatic rings. The third kappa shape index (κ3) is 4.45. The van der Waals surface area contributed by atoms with E-state index in [0.717, 1.165) is 50.6 Å². The summed E-state index contributed by atoms with van der Waals surface area (Å²) < 4.78 is 4.86. The molecule has 3 heterocycles. The highest BCUT2D eigenvalue weighted by Gasteiger charge is 2.39. The molecule has 2 aliphatic carbocycles. The first kappa shape index (κ1) is 21.9. The van der Waals surface area contributed by atoms with Crippen LogP contribution in [0, 0.1) is 11.8 Å². The predicted octanol–water partition coefficient (Wildman–Crippen LogP) is 2.54. The molecule has 0 aromatic carbocycles. The number of carbonyl (C=O) groups is 3. The Balaban J connectivity index is 1.36. The fraction of sp³-hybridized carbons (Fsp3) is 0.625. The summed E-state index contributed by atoms with van der Waals surface area (Å²) in [5.41, 5.74) is 2.47. The Morgan fingerprint density at radius 3 is 2.67 bits per heavy atom. The van der Waals surface area contributed by atoms with Gasteiger partial charge < -0.3 is 19.9 Å². The zero-order valence-corrected chi connectivity index (χ0v) is 19.0. The van der Waals surface area contributed by atoms with Crippen LogP contribution in [0.2, 0.25) is 0 Å². The highest BCUT2D eigenvalue weighted by Crippen LogP contribution is 2.39. The Kier molecular flexibility index (Phi) is 6.03. The van der Waals surface area contributed by atoms with E-state index in [0.29, 0.717) is 42.2 Å². The van der Waals surface area contributed by atoms with Crippen molar-refractivity contribution in [1.29, 1.82) is 0 Å². The van der Waals surface area contributed by atoms with Gasteiger partial charge in [-0.25, -0.2) is 9.97 Å². The molecule has 176 valence electrons. The van der Waals surface area contributed by atoms with E-state index < -0.39 is 6.04 Å². The molecule has 2 amide bonds. The molecule has 2 N–H and O–H groups in total. The molecule has 1 unspecified atom stereocenters. The number of nitrogens with one attached hydrogen (secondary N) is 2. The molecule has 5 rings (SSSR count). The summed E-state index contributed by atoms with van der Waals surface area (Å²) in [6.07, 6.45) is 11.3. The van der Waals surface area contributed by atoms with Crippen LogP contribution in [0.4, 0.5) is 0 Å². The van der Waals surface area contributed by atoms with E-state index in [-0.39, 0.29) is 29.6 Å². The number of methoxy groups -OCH3 is 1. The maximum Gasteiger partial charge on any atom is 0.310 e. The number of aromatic nitrogens is 3. The summed E-state index contributed by atoms with van der Waals surface area (Å²) in [4.78, 5) is 52.7. The van der Waals surface area contributed by atoms with Gasteiger partial charge in [-0.05, 0) is 38.0 Å². The molecule has 0 bridgehead atoms.